The van der Waals surface area contributed by atoms with E-state index in [1.54, 1.807) is 0 Å². The van der Waals surface area contributed by atoms with Gasteiger partial charge in [-0.2, -0.15) is 0 Å². The number of aliphatic imine (C=N–C) groups is 1. The van der Waals surface area contributed by atoms with Gasteiger partial charge in [0.1, 0.15) is 16.0 Å². The van der Waals surface area contributed by atoms with Crippen LogP contribution in [-0.4, -0.2) is 44.7 Å². The first kappa shape index (κ1) is 25.3. The van der Waals surface area contributed by atoms with Gasteiger partial charge in [0.05, 0.1) is 24.1 Å². The predicted octanol–water partition coefficient (Wildman–Crippen LogP) is 2.78. The van der Waals surface area contributed by atoms with E-state index < -0.39 is 42.8 Å². The molecular formula is C23H21F2N5O5S2. The molecule has 0 spiro atoms. The van der Waals surface area contributed by atoms with Crippen LogP contribution in [0.15, 0.2) is 46.4 Å². The number of oxazole rings is 1. The molecule has 2 aromatic heterocycles. The van der Waals surface area contributed by atoms with E-state index in [4.69, 9.17) is 14.9 Å². The first-order chi connectivity index (χ1) is 17.4. The number of nitrogens with two attached hydrogens (primary N) is 1. The second kappa shape index (κ2) is 8.87. The largest absolute Gasteiger partial charge is 0.467 e. The van der Waals surface area contributed by atoms with Crippen LogP contribution >= 0.6 is 11.8 Å². The fraction of sp³-hybridized carbons (Fsp3) is 0.348. The SMILES string of the molecule is C[C@]1(c2cc(CC(=O)c3cnc(OCc4ncco4)cn3)cc(F)c2F)N=C(N)S[C@@]2(S(C)(=O)=O)C[C@H]21. The molecule has 3 heterocycles. The Bertz CT molecular complexity index is 1510. The van der Waals surface area contributed by atoms with Crippen LogP contribution in [0.25, 0.3) is 0 Å². The molecular weight excluding hydrogens is 528 g/mol. The normalized spacial score (nSPS) is 24.8. The number of amidine groups is 1. The number of thioether (sulfide) groups is 1. The number of carbonyl (C=O) groups is 1. The number of carbonyl (C=O) groups excluding carboxylic acids is 1. The molecule has 194 valence electrons. The van der Waals surface area contributed by atoms with E-state index in [0.717, 1.165) is 24.1 Å². The summed E-state index contributed by atoms with van der Waals surface area (Å²) in [6.07, 6.45) is 6.32. The summed E-state index contributed by atoms with van der Waals surface area (Å²) in [5.41, 5.74) is 4.52. The van der Waals surface area contributed by atoms with Gasteiger partial charge in [0.25, 0.3) is 0 Å². The van der Waals surface area contributed by atoms with Crippen molar-refractivity contribution in [2.75, 3.05) is 6.26 Å². The van der Waals surface area contributed by atoms with Gasteiger partial charge in [0.2, 0.25) is 11.8 Å². The predicted molar refractivity (Wildman–Crippen MR) is 130 cm³/mol. The van der Waals surface area contributed by atoms with E-state index in [1.807, 2.05) is 0 Å². The summed E-state index contributed by atoms with van der Waals surface area (Å²) in [7, 11) is -3.57. The lowest BCUT2D eigenvalue weighted by Gasteiger charge is -2.33. The fourth-order valence-electron chi connectivity index (χ4n) is 4.59. The van der Waals surface area contributed by atoms with E-state index in [2.05, 4.69) is 19.9 Å². The Hall–Kier alpha value is -3.39. The third-order valence-electron chi connectivity index (χ3n) is 6.52. The summed E-state index contributed by atoms with van der Waals surface area (Å²) in [5, 5.41) is -0.0247. The number of rotatable bonds is 8. The van der Waals surface area contributed by atoms with Crippen molar-refractivity contribution < 1.29 is 31.1 Å². The summed E-state index contributed by atoms with van der Waals surface area (Å²) >= 11 is 0.928. The first-order valence-corrected chi connectivity index (χ1v) is 13.7. The summed E-state index contributed by atoms with van der Waals surface area (Å²) < 4.78 is 63.9. The second-order valence-electron chi connectivity index (χ2n) is 9.03. The standard InChI is InChI=1S/C23H21F2N5O5S2/c1-22(17-8-23(17,37(2,32)33)36-21(26)30-22)13-5-12(6-14(24)20(13)25)7-16(31)15-9-29-18(10-28-15)35-11-19-27-3-4-34-19/h3-6,9-10,17H,7-8,11H2,1-2H3,(H2,26,30)/t17-,22+,23+/m0/s1. The highest BCUT2D eigenvalue weighted by Gasteiger charge is 2.72. The Morgan fingerprint density at radius 1 is 1.27 bits per heavy atom. The van der Waals surface area contributed by atoms with Crippen molar-refractivity contribution in [1.29, 1.82) is 0 Å². The number of nitrogens with zero attached hydrogens (tertiary/aromatic N) is 4. The minimum Gasteiger partial charge on any atom is -0.467 e. The van der Waals surface area contributed by atoms with Gasteiger partial charge in [-0.15, -0.1) is 0 Å². The van der Waals surface area contributed by atoms with E-state index >= 15 is 4.39 Å². The third kappa shape index (κ3) is 4.48. The number of hydrogen-bond donors (Lipinski definition) is 1. The van der Waals surface area contributed by atoms with Crippen LogP contribution in [0.1, 0.15) is 40.9 Å². The molecule has 1 aromatic carbocycles. The molecule has 10 nitrogen and oxygen atoms in total. The van der Waals surface area contributed by atoms with Gasteiger partial charge in [-0.3, -0.25) is 9.79 Å². The summed E-state index contributed by atoms with van der Waals surface area (Å²) in [6, 6.07) is 2.25. The van der Waals surface area contributed by atoms with Crippen molar-refractivity contribution in [2.24, 2.45) is 16.6 Å². The van der Waals surface area contributed by atoms with Crippen LogP contribution in [0, 0.1) is 17.6 Å². The number of Topliss-reactive ketones (excluding diaryl/α,β-unsaturated/α-hetero) is 1. The molecule has 0 saturated heterocycles. The van der Waals surface area contributed by atoms with Crippen LogP contribution < -0.4 is 10.5 Å². The Balaban J connectivity index is 1.38. The lowest BCUT2D eigenvalue weighted by atomic mass is 9.85. The zero-order valence-corrected chi connectivity index (χ0v) is 21.3. The molecule has 14 heteroatoms. The minimum absolute atomic E-state index is 0.00409. The molecule has 1 fully saturated rings. The van der Waals surface area contributed by atoms with Crippen LogP contribution in [0.5, 0.6) is 5.88 Å². The molecule has 1 aliphatic heterocycles. The Morgan fingerprint density at radius 3 is 2.70 bits per heavy atom. The fourth-order valence-corrected chi connectivity index (χ4v) is 7.88. The molecule has 0 bridgehead atoms. The molecule has 5 rings (SSSR count). The lowest BCUT2D eigenvalue weighted by molar-refractivity contribution is 0.0987. The lowest BCUT2D eigenvalue weighted by Crippen LogP contribution is -2.39. The number of halogens is 2. The van der Waals surface area contributed by atoms with E-state index in [-0.39, 0.29) is 47.3 Å². The smallest absolute Gasteiger partial charge is 0.232 e. The van der Waals surface area contributed by atoms with Gasteiger partial charge < -0.3 is 14.9 Å². The zero-order valence-electron chi connectivity index (χ0n) is 19.6. The Kier molecular flexibility index (Phi) is 6.06. The van der Waals surface area contributed by atoms with Gasteiger partial charge in [0.15, 0.2) is 39.0 Å². The summed E-state index contributed by atoms with van der Waals surface area (Å²) in [4.78, 5) is 29.2. The van der Waals surface area contributed by atoms with Crippen molar-refractivity contribution in [3.05, 3.63) is 71.3 Å². The van der Waals surface area contributed by atoms with Crippen molar-refractivity contribution in [3.8, 4) is 5.88 Å². The number of ether oxygens (including phenoxy) is 1. The molecule has 37 heavy (non-hydrogen) atoms. The molecule has 1 aliphatic carbocycles. The maximum absolute atomic E-state index is 15.1. The number of benzene rings is 1. The zero-order chi connectivity index (χ0) is 26.6. The van der Waals surface area contributed by atoms with Gasteiger partial charge in [0, 0.05) is 24.2 Å². The Labute approximate surface area is 214 Å². The highest BCUT2D eigenvalue weighted by Crippen LogP contribution is 2.68. The highest BCUT2D eigenvalue weighted by atomic mass is 32.3. The quantitative estimate of drug-likeness (QED) is 0.415. The average molecular weight is 550 g/mol. The molecule has 3 aromatic rings. The van der Waals surface area contributed by atoms with E-state index in [1.165, 1.54) is 37.8 Å². The van der Waals surface area contributed by atoms with Crippen LogP contribution in [0.4, 0.5) is 8.78 Å². The molecule has 1 saturated carbocycles. The Morgan fingerprint density at radius 2 is 2.05 bits per heavy atom. The molecule has 2 aliphatic rings. The van der Waals surface area contributed by atoms with E-state index in [9.17, 15) is 17.6 Å². The first-order valence-electron chi connectivity index (χ1n) is 11.0. The number of fused-ring (bicyclic) bond motifs is 1. The number of sulfone groups is 1. The van der Waals surface area contributed by atoms with Crippen LogP contribution in [0.2, 0.25) is 0 Å². The van der Waals surface area contributed by atoms with Crippen molar-refractivity contribution in [1.82, 2.24) is 15.0 Å². The maximum Gasteiger partial charge on any atom is 0.232 e. The van der Waals surface area contributed by atoms with Gasteiger partial charge in [-0.25, -0.2) is 32.2 Å². The van der Waals surface area contributed by atoms with Crippen LogP contribution in [-0.2, 0) is 28.4 Å². The van der Waals surface area contributed by atoms with Gasteiger partial charge >= 0.3 is 0 Å². The molecule has 0 amide bonds. The average Bonchev–Trinajstić information content (AvgIpc) is 3.38. The van der Waals surface area contributed by atoms with Gasteiger partial charge in [-0.1, -0.05) is 11.8 Å². The van der Waals surface area contributed by atoms with Crippen molar-refractivity contribution in [2.45, 2.75) is 36.0 Å². The second-order valence-corrected chi connectivity index (χ2v) is 12.9. The molecule has 0 unspecified atom stereocenters. The van der Waals surface area contributed by atoms with Gasteiger partial charge in [-0.05, 0) is 31.0 Å². The topological polar surface area (TPSA) is 151 Å². The molecule has 0 radical (unpaired) electrons. The number of aromatic nitrogens is 3. The third-order valence-corrected chi connectivity index (χ3v) is 10.5. The van der Waals surface area contributed by atoms with Crippen molar-refractivity contribution >= 4 is 32.6 Å². The monoisotopic (exact) mass is 549 g/mol. The van der Waals surface area contributed by atoms with E-state index in [0.29, 0.717) is 5.89 Å². The van der Waals surface area contributed by atoms with Crippen LogP contribution in [0.3, 0.4) is 0 Å². The summed E-state index contributed by atoms with van der Waals surface area (Å²) in [6.45, 7) is 1.56. The molecule has 2 N–H and O–H groups in total. The number of hydrogen-bond acceptors (Lipinski definition) is 11. The number of ketones is 1. The summed E-state index contributed by atoms with van der Waals surface area (Å²) in [5.74, 6) is -2.96. The highest BCUT2D eigenvalue weighted by molar-refractivity contribution is 8.24. The molecule has 3 atom stereocenters. The maximum atomic E-state index is 15.1. The minimum atomic E-state index is -3.57. The van der Waals surface area contributed by atoms with Crippen molar-refractivity contribution in [3.63, 3.8) is 0 Å².